The van der Waals surface area contributed by atoms with E-state index in [1.807, 2.05) is 17.9 Å². The Balaban J connectivity index is 1.86. The zero-order chi connectivity index (χ0) is 13.7. The molecule has 0 saturated heterocycles. The lowest BCUT2D eigenvalue weighted by molar-refractivity contribution is 0.333. The lowest BCUT2D eigenvalue weighted by atomic mass is 9.92. The fraction of sp³-hybridized carbons (Fsp3) is 0.812. The zero-order valence-corrected chi connectivity index (χ0v) is 12.7. The van der Waals surface area contributed by atoms with E-state index < -0.39 is 0 Å². The highest BCUT2D eigenvalue weighted by atomic mass is 15.2. The van der Waals surface area contributed by atoms with Gasteiger partial charge >= 0.3 is 0 Å². The van der Waals surface area contributed by atoms with Crippen molar-refractivity contribution in [2.24, 2.45) is 18.9 Å². The Morgan fingerprint density at radius 1 is 1.47 bits per heavy atom. The first-order valence-electron chi connectivity index (χ1n) is 7.90. The molecule has 0 aliphatic heterocycles. The van der Waals surface area contributed by atoms with Crippen LogP contribution in [0.25, 0.3) is 0 Å². The monoisotopic (exact) mass is 263 g/mol. The summed E-state index contributed by atoms with van der Waals surface area (Å²) in [5, 5.41) is 8.04. The van der Waals surface area contributed by atoms with Crippen molar-refractivity contribution in [2.75, 3.05) is 6.54 Å². The topological polar surface area (TPSA) is 29.9 Å². The predicted octanol–water partition coefficient (Wildman–Crippen LogP) is 3.16. The maximum absolute atomic E-state index is 4.26. The molecular weight excluding hydrogens is 234 g/mol. The molecule has 1 aliphatic rings. The first-order chi connectivity index (χ1) is 9.19. The molecule has 3 heteroatoms. The van der Waals surface area contributed by atoms with Crippen LogP contribution >= 0.6 is 0 Å². The number of hydrogen-bond acceptors (Lipinski definition) is 2. The maximum atomic E-state index is 4.26. The summed E-state index contributed by atoms with van der Waals surface area (Å²) >= 11 is 0. The van der Waals surface area contributed by atoms with Crippen molar-refractivity contribution in [1.29, 1.82) is 0 Å². The molecule has 1 aromatic heterocycles. The van der Waals surface area contributed by atoms with Gasteiger partial charge in [-0.05, 0) is 56.0 Å². The Hall–Kier alpha value is -0.830. The van der Waals surface area contributed by atoms with Crippen LogP contribution in [0.2, 0.25) is 0 Å². The molecule has 3 nitrogen and oxygen atoms in total. The van der Waals surface area contributed by atoms with Crippen molar-refractivity contribution in [1.82, 2.24) is 15.1 Å². The number of aryl methyl sites for hydroxylation is 2. The molecule has 0 amide bonds. The highest BCUT2D eigenvalue weighted by Gasteiger charge is 2.28. The number of nitrogens with zero attached hydrogens (tertiary/aromatic N) is 2. The summed E-state index contributed by atoms with van der Waals surface area (Å²) in [5.41, 5.74) is 1.37. The van der Waals surface area contributed by atoms with Crippen LogP contribution in [-0.2, 0) is 13.5 Å². The second-order valence-corrected chi connectivity index (χ2v) is 6.30. The summed E-state index contributed by atoms with van der Waals surface area (Å²) in [4.78, 5) is 0. The van der Waals surface area contributed by atoms with Gasteiger partial charge in [-0.2, -0.15) is 5.10 Å². The molecule has 0 radical (unpaired) electrons. The largest absolute Gasteiger partial charge is 0.314 e. The van der Waals surface area contributed by atoms with E-state index in [0.717, 1.165) is 24.8 Å². The van der Waals surface area contributed by atoms with Gasteiger partial charge in [-0.15, -0.1) is 0 Å². The van der Waals surface area contributed by atoms with Crippen LogP contribution < -0.4 is 5.32 Å². The van der Waals surface area contributed by atoms with Crippen LogP contribution in [0.5, 0.6) is 0 Å². The van der Waals surface area contributed by atoms with Crippen molar-refractivity contribution >= 4 is 0 Å². The fourth-order valence-electron chi connectivity index (χ4n) is 3.37. The SMILES string of the molecule is CCCNC(CCc1cnn(C)c1)C1CCC(C)C1. The van der Waals surface area contributed by atoms with Crippen LogP contribution in [0.3, 0.4) is 0 Å². The maximum Gasteiger partial charge on any atom is 0.0521 e. The van der Waals surface area contributed by atoms with Crippen molar-refractivity contribution < 1.29 is 0 Å². The van der Waals surface area contributed by atoms with E-state index >= 15 is 0 Å². The van der Waals surface area contributed by atoms with Gasteiger partial charge in [0.1, 0.15) is 0 Å². The van der Waals surface area contributed by atoms with E-state index in [0.29, 0.717) is 6.04 Å². The molecule has 3 atom stereocenters. The number of nitrogens with one attached hydrogen (secondary N) is 1. The number of rotatable bonds is 7. The second kappa shape index (κ2) is 7.09. The number of hydrogen-bond donors (Lipinski definition) is 1. The smallest absolute Gasteiger partial charge is 0.0521 e. The normalized spacial score (nSPS) is 24.8. The molecule has 19 heavy (non-hydrogen) atoms. The van der Waals surface area contributed by atoms with Crippen LogP contribution in [0.4, 0.5) is 0 Å². The van der Waals surface area contributed by atoms with Gasteiger partial charge in [0, 0.05) is 19.3 Å². The summed E-state index contributed by atoms with van der Waals surface area (Å²) in [5.74, 6) is 1.81. The molecule has 1 fully saturated rings. The Morgan fingerprint density at radius 2 is 2.32 bits per heavy atom. The van der Waals surface area contributed by atoms with Crippen molar-refractivity contribution in [3.63, 3.8) is 0 Å². The zero-order valence-electron chi connectivity index (χ0n) is 12.7. The lowest BCUT2D eigenvalue weighted by Gasteiger charge is -2.25. The average molecular weight is 263 g/mol. The van der Waals surface area contributed by atoms with Gasteiger partial charge in [-0.3, -0.25) is 4.68 Å². The van der Waals surface area contributed by atoms with Gasteiger partial charge in [0.05, 0.1) is 6.20 Å². The quantitative estimate of drug-likeness (QED) is 0.819. The number of aromatic nitrogens is 2. The molecule has 0 bridgehead atoms. The standard InChI is InChI=1S/C16H29N3/c1-4-9-17-16(15-7-5-13(2)10-15)8-6-14-11-18-19(3)12-14/h11-13,15-17H,4-10H2,1-3H3. The molecular formula is C16H29N3. The third-order valence-electron chi connectivity index (χ3n) is 4.46. The summed E-state index contributed by atoms with van der Waals surface area (Å²) in [6.07, 6.45) is 12.0. The van der Waals surface area contributed by atoms with Crippen molar-refractivity contribution in [2.45, 2.75) is 58.4 Å². The van der Waals surface area contributed by atoms with E-state index in [2.05, 4.69) is 30.5 Å². The summed E-state index contributed by atoms with van der Waals surface area (Å²) in [6.45, 7) is 5.81. The van der Waals surface area contributed by atoms with E-state index in [1.165, 1.54) is 37.7 Å². The summed E-state index contributed by atoms with van der Waals surface area (Å²) < 4.78 is 1.90. The molecule has 1 heterocycles. The Kier molecular flexibility index (Phi) is 5.44. The van der Waals surface area contributed by atoms with Crippen molar-refractivity contribution in [3.05, 3.63) is 18.0 Å². The first-order valence-corrected chi connectivity index (χ1v) is 7.90. The van der Waals surface area contributed by atoms with Crippen molar-refractivity contribution in [3.8, 4) is 0 Å². The van der Waals surface area contributed by atoms with Gasteiger partial charge in [-0.1, -0.05) is 20.3 Å². The predicted molar refractivity (Wildman–Crippen MR) is 80.1 cm³/mol. The molecule has 1 aliphatic carbocycles. The van der Waals surface area contributed by atoms with E-state index in [1.54, 1.807) is 0 Å². The molecule has 1 N–H and O–H groups in total. The molecule has 1 aromatic rings. The third kappa shape index (κ3) is 4.34. The van der Waals surface area contributed by atoms with Gasteiger partial charge in [0.25, 0.3) is 0 Å². The van der Waals surface area contributed by atoms with Crippen LogP contribution in [0, 0.1) is 11.8 Å². The Morgan fingerprint density at radius 3 is 2.89 bits per heavy atom. The van der Waals surface area contributed by atoms with Gasteiger partial charge < -0.3 is 5.32 Å². The minimum atomic E-state index is 0.699. The van der Waals surface area contributed by atoms with Crippen LogP contribution in [-0.4, -0.2) is 22.4 Å². The lowest BCUT2D eigenvalue weighted by Crippen LogP contribution is -2.36. The first kappa shape index (κ1) is 14.6. The van der Waals surface area contributed by atoms with Crippen LogP contribution in [0.15, 0.2) is 12.4 Å². The Bertz CT molecular complexity index is 372. The fourth-order valence-corrected chi connectivity index (χ4v) is 3.37. The minimum absolute atomic E-state index is 0.699. The molecule has 0 aromatic carbocycles. The van der Waals surface area contributed by atoms with Gasteiger partial charge in [0.15, 0.2) is 0 Å². The van der Waals surface area contributed by atoms with E-state index in [-0.39, 0.29) is 0 Å². The molecule has 1 saturated carbocycles. The third-order valence-corrected chi connectivity index (χ3v) is 4.46. The highest BCUT2D eigenvalue weighted by molar-refractivity contribution is 5.04. The molecule has 2 rings (SSSR count). The second-order valence-electron chi connectivity index (χ2n) is 6.30. The summed E-state index contributed by atoms with van der Waals surface area (Å²) in [6, 6.07) is 0.699. The van der Waals surface area contributed by atoms with Gasteiger partial charge in [-0.25, -0.2) is 0 Å². The average Bonchev–Trinajstić information content (AvgIpc) is 2.99. The van der Waals surface area contributed by atoms with Crippen LogP contribution in [0.1, 0.15) is 51.5 Å². The molecule has 0 spiro atoms. The molecule has 3 unspecified atom stereocenters. The van der Waals surface area contributed by atoms with E-state index in [4.69, 9.17) is 0 Å². The van der Waals surface area contributed by atoms with Gasteiger partial charge in [0.2, 0.25) is 0 Å². The summed E-state index contributed by atoms with van der Waals surface area (Å²) in [7, 11) is 2.00. The minimum Gasteiger partial charge on any atom is -0.314 e. The Labute approximate surface area is 117 Å². The van der Waals surface area contributed by atoms with E-state index in [9.17, 15) is 0 Å². The molecule has 108 valence electrons. The highest BCUT2D eigenvalue weighted by Crippen LogP contribution is 2.34.